The number of nitrogens with two attached hydrogens (primary N) is 2. The molecular weight excluding hydrogens is 264 g/mol. The molecule has 1 atom stereocenters. The molecule has 1 unspecified atom stereocenters. The molecule has 5 N–H and O–H groups in total. The number of guanidine groups is 1. The molecule has 1 aliphatic rings. The number of hydrogen-bond donors (Lipinski definition) is 3. The van der Waals surface area contributed by atoms with E-state index in [-0.39, 0.29) is 12.4 Å². The van der Waals surface area contributed by atoms with E-state index in [4.69, 9.17) is 16.6 Å². The van der Waals surface area contributed by atoms with Crippen LogP contribution in [0, 0.1) is 0 Å². The van der Waals surface area contributed by atoms with Gasteiger partial charge in [-0.15, -0.1) is 0 Å². The van der Waals surface area contributed by atoms with Gasteiger partial charge >= 0.3 is 5.97 Å². The number of amides is 2. The van der Waals surface area contributed by atoms with Crippen LogP contribution in [0.4, 0.5) is 0 Å². The van der Waals surface area contributed by atoms with Gasteiger partial charge in [-0.25, -0.2) is 9.89 Å². The number of nitrogens with zero attached hydrogens (tertiary/aromatic N) is 2. The summed E-state index contributed by atoms with van der Waals surface area (Å²) in [5.74, 6) is -2.79. The van der Waals surface area contributed by atoms with Gasteiger partial charge in [0.05, 0.1) is 6.42 Å². The highest BCUT2D eigenvalue weighted by Gasteiger charge is 2.45. The molecule has 2 amide bonds. The van der Waals surface area contributed by atoms with Gasteiger partial charge in [0.1, 0.15) is 0 Å². The lowest BCUT2D eigenvalue weighted by molar-refractivity contribution is -0.149. The lowest BCUT2D eigenvalue weighted by atomic mass is 9.97. The first-order chi connectivity index (χ1) is 9.32. The van der Waals surface area contributed by atoms with Crippen LogP contribution in [0.15, 0.2) is 17.1 Å². The van der Waals surface area contributed by atoms with Crippen LogP contribution < -0.4 is 11.5 Å². The lowest BCUT2D eigenvalue weighted by Crippen LogP contribution is -2.53. The van der Waals surface area contributed by atoms with E-state index in [0.717, 1.165) is 23.5 Å². The van der Waals surface area contributed by atoms with Gasteiger partial charge in [0.2, 0.25) is 0 Å². The summed E-state index contributed by atoms with van der Waals surface area (Å²) < 4.78 is 0. The van der Waals surface area contributed by atoms with Crippen molar-refractivity contribution in [3.05, 3.63) is 12.2 Å². The molecule has 0 saturated heterocycles. The fourth-order valence-electron chi connectivity index (χ4n) is 2.18. The van der Waals surface area contributed by atoms with Crippen LogP contribution in [-0.2, 0) is 14.4 Å². The Morgan fingerprint density at radius 3 is 2.30 bits per heavy atom. The van der Waals surface area contributed by atoms with E-state index in [2.05, 4.69) is 4.99 Å². The molecule has 110 valence electrons. The molecule has 0 spiro atoms. The number of rotatable bonds is 7. The smallest absolute Gasteiger partial charge is 0.307 e. The zero-order valence-electron chi connectivity index (χ0n) is 11.2. The summed E-state index contributed by atoms with van der Waals surface area (Å²) in [6.45, 7) is 1.90. The Hall–Kier alpha value is -2.38. The van der Waals surface area contributed by atoms with Crippen LogP contribution >= 0.6 is 0 Å². The predicted octanol–water partition coefficient (Wildman–Crippen LogP) is -0.454. The third-order valence-corrected chi connectivity index (χ3v) is 2.93. The maximum absolute atomic E-state index is 11.8. The minimum absolute atomic E-state index is 0.187. The Balaban J connectivity index is 3.27. The van der Waals surface area contributed by atoms with E-state index >= 15 is 0 Å². The van der Waals surface area contributed by atoms with Crippen molar-refractivity contribution in [2.24, 2.45) is 16.5 Å². The quantitative estimate of drug-likeness (QED) is 0.328. The van der Waals surface area contributed by atoms with Crippen molar-refractivity contribution in [3.8, 4) is 0 Å². The summed E-state index contributed by atoms with van der Waals surface area (Å²) in [6.07, 6.45) is 3.11. The normalized spacial score (nSPS) is 17.1. The van der Waals surface area contributed by atoms with E-state index in [1.165, 1.54) is 0 Å². The molecule has 0 fully saturated rings. The van der Waals surface area contributed by atoms with Gasteiger partial charge in [0, 0.05) is 12.2 Å². The molecule has 0 aromatic heterocycles. The third kappa shape index (κ3) is 3.34. The van der Waals surface area contributed by atoms with Crippen LogP contribution in [-0.4, -0.2) is 39.4 Å². The summed E-state index contributed by atoms with van der Waals surface area (Å²) in [4.78, 5) is 39.5. The fourth-order valence-corrected chi connectivity index (χ4v) is 2.18. The highest BCUT2D eigenvalue weighted by Crippen LogP contribution is 2.31. The molecule has 20 heavy (non-hydrogen) atoms. The lowest BCUT2D eigenvalue weighted by Gasteiger charge is -2.36. The summed E-state index contributed by atoms with van der Waals surface area (Å²) >= 11 is 0. The molecule has 1 rings (SSSR count). The number of unbranched alkanes of at least 4 members (excludes halogenated alkanes) is 1. The molecule has 0 bridgehead atoms. The Labute approximate surface area is 116 Å². The zero-order chi connectivity index (χ0) is 15.3. The maximum atomic E-state index is 11.8. The third-order valence-electron chi connectivity index (χ3n) is 2.93. The minimum Gasteiger partial charge on any atom is -0.481 e. The topological polar surface area (TPSA) is 139 Å². The van der Waals surface area contributed by atoms with Gasteiger partial charge < -0.3 is 16.6 Å². The van der Waals surface area contributed by atoms with Crippen molar-refractivity contribution < 1.29 is 19.5 Å². The van der Waals surface area contributed by atoms with Crippen LogP contribution in [0.2, 0.25) is 0 Å². The van der Waals surface area contributed by atoms with Gasteiger partial charge in [-0.2, -0.15) is 0 Å². The number of hydrogen-bond acceptors (Lipinski definition) is 4. The van der Waals surface area contributed by atoms with Crippen molar-refractivity contribution in [1.29, 1.82) is 0 Å². The first-order valence-corrected chi connectivity index (χ1v) is 6.21. The molecule has 1 heterocycles. The number of imide groups is 1. The van der Waals surface area contributed by atoms with E-state index in [9.17, 15) is 14.4 Å². The SMILES string of the molecule is CCCCC(CC(=O)O)(N=C(N)N)N1C(=O)C=CC1=O. The molecular formula is C12H18N4O4. The minimum atomic E-state index is -1.57. The van der Waals surface area contributed by atoms with Crippen molar-refractivity contribution in [1.82, 2.24) is 4.90 Å². The monoisotopic (exact) mass is 282 g/mol. The average molecular weight is 282 g/mol. The second-order valence-corrected chi connectivity index (χ2v) is 4.54. The molecule has 0 radical (unpaired) electrons. The van der Waals surface area contributed by atoms with Crippen LogP contribution in [0.1, 0.15) is 32.6 Å². The van der Waals surface area contributed by atoms with Crippen molar-refractivity contribution in [3.63, 3.8) is 0 Å². The Morgan fingerprint density at radius 2 is 1.90 bits per heavy atom. The van der Waals surface area contributed by atoms with Crippen LogP contribution in [0.5, 0.6) is 0 Å². The van der Waals surface area contributed by atoms with Gasteiger partial charge in [-0.3, -0.25) is 14.4 Å². The maximum Gasteiger partial charge on any atom is 0.307 e. The highest BCUT2D eigenvalue weighted by atomic mass is 16.4. The molecule has 8 heteroatoms. The number of carboxylic acids is 1. The number of carbonyl (C=O) groups excluding carboxylic acids is 2. The van der Waals surface area contributed by atoms with Crippen molar-refractivity contribution in [2.75, 3.05) is 0 Å². The second kappa shape index (κ2) is 6.18. The zero-order valence-corrected chi connectivity index (χ0v) is 11.2. The highest BCUT2D eigenvalue weighted by molar-refractivity contribution is 6.13. The molecule has 8 nitrogen and oxygen atoms in total. The molecule has 1 aliphatic heterocycles. The number of carbonyl (C=O) groups is 3. The number of carboxylic acid groups (broad SMARTS) is 1. The van der Waals surface area contributed by atoms with Gasteiger partial charge in [-0.05, 0) is 12.8 Å². The Morgan fingerprint density at radius 1 is 1.35 bits per heavy atom. The summed E-state index contributed by atoms with van der Waals surface area (Å²) in [5.41, 5.74) is 9.13. The van der Waals surface area contributed by atoms with Crippen LogP contribution in [0.25, 0.3) is 0 Å². The predicted molar refractivity (Wildman–Crippen MR) is 71.3 cm³/mol. The first-order valence-electron chi connectivity index (χ1n) is 6.21. The van der Waals surface area contributed by atoms with Gasteiger partial charge in [-0.1, -0.05) is 13.3 Å². The summed E-state index contributed by atoms with van der Waals surface area (Å²) in [7, 11) is 0. The van der Waals surface area contributed by atoms with Crippen LogP contribution in [0.3, 0.4) is 0 Å². The van der Waals surface area contributed by atoms with Crippen molar-refractivity contribution in [2.45, 2.75) is 38.3 Å². The van der Waals surface area contributed by atoms with Gasteiger partial charge in [0.25, 0.3) is 11.8 Å². The molecule has 0 aliphatic carbocycles. The van der Waals surface area contributed by atoms with Gasteiger partial charge in [0.15, 0.2) is 11.6 Å². The molecule has 0 aromatic carbocycles. The van der Waals surface area contributed by atoms with E-state index in [1.807, 2.05) is 6.92 Å². The molecule has 0 aromatic rings. The molecule has 0 saturated carbocycles. The number of aliphatic carboxylic acids is 1. The second-order valence-electron chi connectivity index (χ2n) is 4.54. The first kappa shape index (κ1) is 15.7. The standard InChI is InChI=1S/C12H18N4O4/c1-2-3-6-12(7-10(19)20,15-11(13)14)16-8(17)4-5-9(16)18/h4-5H,2-3,6-7H2,1H3,(H,19,20)(H4,13,14,15). The average Bonchev–Trinajstić information content (AvgIpc) is 2.65. The Bertz CT molecular complexity index is 464. The number of aliphatic imine (C=N–C) groups is 1. The Kier molecular flexibility index (Phi) is 4.84. The summed E-state index contributed by atoms with van der Waals surface area (Å²) in [5, 5.41) is 9.07. The van der Waals surface area contributed by atoms with E-state index in [1.54, 1.807) is 0 Å². The summed E-state index contributed by atoms with van der Waals surface area (Å²) in [6, 6.07) is 0. The van der Waals surface area contributed by atoms with Crippen molar-refractivity contribution >= 4 is 23.7 Å². The fraction of sp³-hybridized carbons (Fsp3) is 0.500. The van der Waals surface area contributed by atoms with E-state index in [0.29, 0.717) is 6.42 Å². The largest absolute Gasteiger partial charge is 0.481 e. The van der Waals surface area contributed by atoms with E-state index < -0.39 is 29.9 Å².